The van der Waals surface area contributed by atoms with Crippen LogP contribution in [0.15, 0.2) is 18.2 Å². The normalized spacial score (nSPS) is 11.8. The molecular weight excluding hydrogens is 230 g/mol. The summed E-state index contributed by atoms with van der Waals surface area (Å²) in [5, 5.41) is 2.69. The molecule has 1 aromatic carbocycles. The summed E-state index contributed by atoms with van der Waals surface area (Å²) in [5.41, 5.74) is 7.55. The van der Waals surface area contributed by atoms with Crippen LogP contribution in [0.5, 0.6) is 0 Å². The third-order valence-electron chi connectivity index (χ3n) is 2.54. The highest BCUT2D eigenvalue weighted by Crippen LogP contribution is 2.16. The van der Waals surface area contributed by atoms with Crippen LogP contribution in [-0.4, -0.2) is 36.9 Å². The highest BCUT2D eigenvalue weighted by molar-refractivity contribution is 5.97. The SMILES string of the molecule is Cc1cc(NC(=O)[C@H](C)N)ccc1C(=O)N(C)C. The molecule has 0 aromatic heterocycles. The minimum Gasteiger partial charge on any atom is -0.345 e. The van der Waals surface area contributed by atoms with Gasteiger partial charge in [0.05, 0.1) is 6.04 Å². The number of carbonyl (C=O) groups excluding carboxylic acids is 2. The summed E-state index contributed by atoms with van der Waals surface area (Å²) in [4.78, 5) is 24.8. The number of nitrogens with zero attached hydrogens (tertiary/aromatic N) is 1. The summed E-state index contributed by atoms with van der Waals surface area (Å²) >= 11 is 0. The molecule has 0 fully saturated rings. The highest BCUT2D eigenvalue weighted by atomic mass is 16.2. The summed E-state index contributed by atoms with van der Waals surface area (Å²) in [6.07, 6.45) is 0. The van der Waals surface area contributed by atoms with Gasteiger partial charge in [-0.15, -0.1) is 0 Å². The first-order valence-corrected chi connectivity index (χ1v) is 5.71. The maximum Gasteiger partial charge on any atom is 0.253 e. The van der Waals surface area contributed by atoms with Gasteiger partial charge in [-0.25, -0.2) is 0 Å². The molecule has 0 heterocycles. The van der Waals surface area contributed by atoms with Gasteiger partial charge in [-0.05, 0) is 37.6 Å². The topological polar surface area (TPSA) is 75.4 Å². The van der Waals surface area contributed by atoms with Gasteiger partial charge in [0.25, 0.3) is 5.91 Å². The molecule has 1 rings (SSSR count). The predicted octanol–water partition coefficient (Wildman–Crippen LogP) is 0.983. The van der Waals surface area contributed by atoms with Crippen LogP contribution in [0.1, 0.15) is 22.8 Å². The van der Waals surface area contributed by atoms with Crippen LogP contribution >= 0.6 is 0 Å². The largest absolute Gasteiger partial charge is 0.345 e. The predicted molar refractivity (Wildman–Crippen MR) is 71.5 cm³/mol. The number of benzene rings is 1. The monoisotopic (exact) mass is 249 g/mol. The molecule has 0 saturated heterocycles. The molecule has 1 atom stereocenters. The average Bonchev–Trinajstić information content (AvgIpc) is 2.28. The average molecular weight is 249 g/mol. The van der Waals surface area contributed by atoms with Crippen molar-refractivity contribution in [2.75, 3.05) is 19.4 Å². The molecule has 5 nitrogen and oxygen atoms in total. The Hall–Kier alpha value is -1.88. The van der Waals surface area contributed by atoms with Crippen LogP contribution < -0.4 is 11.1 Å². The standard InChI is InChI=1S/C13H19N3O2/c1-8-7-10(15-12(17)9(2)14)5-6-11(8)13(18)16(3)4/h5-7,9H,14H2,1-4H3,(H,15,17)/t9-/m0/s1. The quantitative estimate of drug-likeness (QED) is 0.838. The van der Waals surface area contributed by atoms with E-state index in [0.717, 1.165) is 5.56 Å². The Morgan fingerprint density at radius 1 is 1.33 bits per heavy atom. The van der Waals surface area contributed by atoms with Gasteiger partial charge < -0.3 is 16.0 Å². The van der Waals surface area contributed by atoms with Crippen molar-refractivity contribution in [3.05, 3.63) is 29.3 Å². The van der Waals surface area contributed by atoms with Crippen molar-refractivity contribution in [1.29, 1.82) is 0 Å². The second-order valence-electron chi connectivity index (χ2n) is 4.51. The first-order valence-electron chi connectivity index (χ1n) is 5.71. The van der Waals surface area contributed by atoms with Gasteiger partial charge >= 0.3 is 0 Å². The van der Waals surface area contributed by atoms with E-state index in [1.54, 1.807) is 39.2 Å². The Morgan fingerprint density at radius 3 is 2.39 bits per heavy atom. The van der Waals surface area contributed by atoms with Gasteiger partial charge in [0.15, 0.2) is 0 Å². The van der Waals surface area contributed by atoms with E-state index in [1.807, 2.05) is 6.92 Å². The van der Waals surface area contributed by atoms with Crippen LogP contribution in [0.3, 0.4) is 0 Å². The van der Waals surface area contributed by atoms with E-state index < -0.39 is 6.04 Å². The molecule has 0 aliphatic rings. The molecule has 0 aliphatic carbocycles. The van der Waals surface area contributed by atoms with E-state index in [9.17, 15) is 9.59 Å². The zero-order chi connectivity index (χ0) is 13.9. The van der Waals surface area contributed by atoms with Crippen molar-refractivity contribution in [1.82, 2.24) is 4.90 Å². The Balaban J connectivity index is 2.93. The van der Waals surface area contributed by atoms with Crippen molar-refractivity contribution < 1.29 is 9.59 Å². The second kappa shape index (κ2) is 5.64. The number of amides is 2. The van der Waals surface area contributed by atoms with Crippen molar-refractivity contribution >= 4 is 17.5 Å². The number of aryl methyl sites for hydroxylation is 1. The number of nitrogens with two attached hydrogens (primary N) is 1. The first kappa shape index (κ1) is 14.2. The van der Waals surface area contributed by atoms with E-state index in [0.29, 0.717) is 11.3 Å². The molecule has 0 spiro atoms. The van der Waals surface area contributed by atoms with Gasteiger partial charge in [0.2, 0.25) is 5.91 Å². The number of anilines is 1. The molecule has 98 valence electrons. The molecule has 1 aromatic rings. The summed E-state index contributed by atoms with van der Waals surface area (Å²) in [7, 11) is 3.40. The molecule has 0 aliphatic heterocycles. The molecule has 5 heteroatoms. The lowest BCUT2D eigenvalue weighted by Crippen LogP contribution is -2.32. The number of hydrogen-bond donors (Lipinski definition) is 2. The first-order chi connectivity index (χ1) is 8.32. The summed E-state index contributed by atoms with van der Waals surface area (Å²) in [5.74, 6) is -0.307. The molecular formula is C13H19N3O2. The number of hydrogen-bond acceptors (Lipinski definition) is 3. The Kier molecular flexibility index (Phi) is 4.44. The summed E-state index contributed by atoms with van der Waals surface area (Å²) < 4.78 is 0. The third-order valence-corrected chi connectivity index (χ3v) is 2.54. The summed E-state index contributed by atoms with van der Waals surface area (Å²) in [6.45, 7) is 3.45. The highest BCUT2D eigenvalue weighted by Gasteiger charge is 2.12. The van der Waals surface area contributed by atoms with Crippen molar-refractivity contribution in [2.45, 2.75) is 19.9 Å². The minimum absolute atomic E-state index is 0.0578. The number of carbonyl (C=O) groups is 2. The number of nitrogens with one attached hydrogen (secondary N) is 1. The van der Waals surface area contributed by atoms with Crippen molar-refractivity contribution in [3.63, 3.8) is 0 Å². The van der Waals surface area contributed by atoms with E-state index in [-0.39, 0.29) is 11.8 Å². The van der Waals surface area contributed by atoms with E-state index in [4.69, 9.17) is 5.73 Å². The Morgan fingerprint density at radius 2 is 1.94 bits per heavy atom. The van der Waals surface area contributed by atoms with Gasteiger partial charge in [-0.3, -0.25) is 9.59 Å². The lowest BCUT2D eigenvalue weighted by Gasteiger charge is -2.14. The third kappa shape index (κ3) is 3.30. The molecule has 0 saturated carbocycles. The lowest BCUT2D eigenvalue weighted by molar-refractivity contribution is -0.117. The smallest absolute Gasteiger partial charge is 0.253 e. The Bertz CT molecular complexity index is 467. The maximum atomic E-state index is 11.8. The van der Waals surface area contributed by atoms with Gasteiger partial charge in [0.1, 0.15) is 0 Å². The van der Waals surface area contributed by atoms with Crippen LogP contribution in [0.2, 0.25) is 0 Å². The molecule has 0 radical (unpaired) electrons. The van der Waals surface area contributed by atoms with Crippen LogP contribution in [0.4, 0.5) is 5.69 Å². The lowest BCUT2D eigenvalue weighted by atomic mass is 10.1. The number of rotatable bonds is 3. The fourth-order valence-electron chi connectivity index (χ4n) is 1.48. The zero-order valence-corrected chi connectivity index (χ0v) is 11.2. The van der Waals surface area contributed by atoms with Crippen LogP contribution in [0.25, 0.3) is 0 Å². The Labute approximate surface area is 107 Å². The molecule has 3 N–H and O–H groups in total. The molecule has 0 bridgehead atoms. The molecule has 18 heavy (non-hydrogen) atoms. The fraction of sp³-hybridized carbons (Fsp3) is 0.385. The zero-order valence-electron chi connectivity index (χ0n) is 11.2. The van der Waals surface area contributed by atoms with Gasteiger partial charge in [-0.1, -0.05) is 0 Å². The fourth-order valence-corrected chi connectivity index (χ4v) is 1.48. The molecule has 2 amide bonds. The van der Waals surface area contributed by atoms with E-state index in [1.165, 1.54) is 4.90 Å². The van der Waals surface area contributed by atoms with Crippen LogP contribution in [0, 0.1) is 6.92 Å². The van der Waals surface area contributed by atoms with Crippen LogP contribution in [-0.2, 0) is 4.79 Å². The maximum absolute atomic E-state index is 11.8. The van der Waals surface area contributed by atoms with Crippen molar-refractivity contribution in [3.8, 4) is 0 Å². The van der Waals surface area contributed by atoms with Gasteiger partial charge in [-0.2, -0.15) is 0 Å². The second-order valence-corrected chi connectivity index (χ2v) is 4.51. The minimum atomic E-state index is -0.562. The molecule has 0 unspecified atom stereocenters. The van der Waals surface area contributed by atoms with E-state index in [2.05, 4.69) is 5.32 Å². The summed E-state index contributed by atoms with van der Waals surface area (Å²) in [6, 6.07) is 4.60. The van der Waals surface area contributed by atoms with Gasteiger partial charge in [0, 0.05) is 25.3 Å². The van der Waals surface area contributed by atoms with E-state index >= 15 is 0 Å². The van der Waals surface area contributed by atoms with Crippen molar-refractivity contribution in [2.24, 2.45) is 5.73 Å².